The van der Waals surface area contributed by atoms with E-state index in [9.17, 15) is 4.79 Å². The number of urea groups is 1. The van der Waals surface area contributed by atoms with Gasteiger partial charge in [0.2, 0.25) is 0 Å². The number of para-hydroxylation sites is 1. The smallest absolute Gasteiger partial charge is 0.323 e. The molecule has 0 saturated heterocycles. The van der Waals surface area contributed by atoms with Crippen LogP contribution >= 0.6 is 11.8 Å². The van der Waals surface area contributed by atoms with E-state index in [0.29, 0.717) is 28.5 Å². The van der Waals surface area contributed by atoms with E-state index in [1.165, 1.54) is 11.8 Å². The highest BCUT2D eigenvalue weighted by atomic mass is 32.2. The molecule has 0 fully saturated rings. The van der Waals surface area contributed by atoms with E-state index in [4.69, 9.17) is 9.47 Å². The van der Waals surface area contributed by atoms with Crippen LogP contribution in [0.5, 0.6) is 11.5 Å². The predicted octanol–water partition coefficient (Wildman–Crippen LogP) is 3.94. The van der Waals surface area contributed by atoms with Gasteiger partial charge in [0.05, 0.1) is 19.9 Å². The van der Waals surface area contributed by atoms with Gasteiger partial charge < -0.3 is 20.1 Å². The van der Waals surface area contributed by atoms with Gasteiger partial charge in [0.1, 0.15) is 11.4 Å². The second-order valence-corrected chi connectivity index (χ2v) is 7.11. The fourth-order valence-corrected chi connectivity index (χ4v) is 3.60. The van der Waals surface area contributed by atoms with E-state index in [1.54, 1.807) is 43.3 Å². The van der Waals surface area contributed by atoms with Gasteiger partial charge >= 0.3 is 6.03 Å². The quantitative estimate of drug-likeness (QED) is 0.485. The number of anilines is 2. The molecular formula is C20H18N6O3S. The topological polar surface area (TPSA) is 103 Å². The van der Waals surface area contributed by atoms with E-state index in [1.807, 2.05) is 36.4 Å². The third kappa shape index (κ3) is 4.28. The van der Waals surface area contributed by atoms with Crippen molar-refractivity contribution in [1.29, 1.82) is 0 Å². The normalized spacial score (nSPS) is 10.6. The number of nitrogens with one attached hydrogen (secondary N) is 2. The molecule has 0 aliphatic rings. The molecule has 2 heterocycles. The molecule has 4 aromatic rings. The number of methoxy groups -OCH3 is 2. The van der Waals surface area contributed by atoms with Gasteiger partial charge in [0, 0.05) is 16.6 Å². The van der Waals surface area contributed by atoms with Gasteiger partial charge in [-0.1, -0.05) is 23.9 Å². The molecule has 152 valence electrons. The molecule has 10 heteroatoms. The zero-order valence-corrected chi connectivity index (χ0v) is 17.0. The number of amides is 2. The van der Waals surface area contributed by atoms with Gasteiger partial charge in [-0.05, 0) is 36.4 Å². The largest absolute Gasteiger partial charge is 0.493 e. The highest BCUT2D eigenvalue weighted by Gasteiger charge is 2.11. The fraction of sp³-hybridized carbons (Fsp3) is 0.100. The number of nitrogens with zero attached hydrogens (tertiary/aromatic N) is 4. The first-order valence-electron chi connectivity index (χ1n) is 8.90. The predicted molar refractivity (Wildman–Crippen MR) is 114 cm³/mol. The Balaban J connectivity index is 1.49. The van der Waals surface area contributed by atoms with Crippen molar-refractivity contribution in [3.05, 3.63) is 60.9 Å². The van der Waals surface area contributed by atoms with Gasteiger partial charge in [-0.25, -0.2) is 4.79 Å². The average molecular weight is 422 g/mol. The Morgan fingerprint density at radius 1 is 1.00 bits per heavy atom. The van der Waals surface area contributed by atoms with Crippen LogP contribution in [-0.2, 0) is 0 Å². The minimum atomic E-state index is -0.377. The first-order chi connectivity index (χ1) is 14.7. The lowest BCUT2D eigenvalue weighted by Crippen LogP contribution is -2.19. The molecule has 4 rings (SSSR count). The van der Waals surface area contributed by atoms with Crippen molar-refractivity contribution in [1.82, 2.24) is 19.8 Å². The number of aromatic nitrogens is 4. The van der Waals surface area contributed by atoms with Gasteiger partial charge in [0.25, 0.3) is 0 Å². The molecule has 2 N–H and O–H groups in total. The third-order valence-electron chi connectivity index (χ3n) is 4.13. The Morgan fingerprint density at radius 3 is 2.67 bits per heavy atom. The van der Waals surface area contributed by atoms with E-state index in [0.717, 1.165) is 9.92 Å². The SMILES string of the molecule is COc1ccc(NC(=O)Nc2ccccc2Sc2ccc3nncn3n2)cc1OC. The minimum Gasteiger partial charge on any atom is -0.493 e. The highest BCUT2D eigenvalue weighted by Crippen LogP contribution is 2.33. The van der Waals surface area contributed by atoms with Gasteiger partial charge in [-0.3, -0.25) is 0 Å². The lowest BCUT2D eigenvalue weighted by molar-refractivity contribution is 0.262. The monoisotopic (exact) mass is 422 g/mol. The molecule has 2 aromatic carbocycles. The molecule has 0 atom stereocenters. The van der Waals surface area contributed by atoms with Crippen molar-refractivity contribution < 1.29 is 14.3 Å². The Kier molecular flexibility index (Phi) is 5.66. The number of ether oxygens (including phenoxy) is 2. The number of fused-ring (bicyclic) bond motifs is 1. The maximum Gasteiger partial charge on any atom is 0.323 e. The molecule has 2 amide bonds. The van der Waals surface area contributed by atoms with Crippen molar-refractivity contribution in [2.75, 3.05) is 24.9 Å². The summed E-state index contributed by atoms with van der Waals surface area (Å²) in [7, 11) is 3.10. The molecule has 0 unspecified atom stereocenters. The lowest BCUT2D eigenvalue weighted by Gasteiger charge is -2.13. The van der Waals surface area contributed by atoms with Crippen LogP contribution in [-0.4, -0.2) is 40.1 Å². The molecule has 9 nitrogen and oxygen atoms in total. The molecule has 0 radical (unpaired) electrons. The van der Waals surface area contributed by atoms with Gasteiger partial charge in [-0.15, -0.1) is 10.2 Å². The summed E-state index contributed by atoms with van der Waals surface area (Å²) in [6, 6.07) is 16.0. The van der Waals surface area contributed by atoms with Crippen LogP contribution in [0.25, 0.3) is 5.65 Å². The number of hydrogen-bond acceptors (Lipinski definition) is 7. The number of benzene rings is 2. The van der Waals surface area contributed by atoms with Crippen LogP contribution in [0, 0.1) is 0 Å². The van der Waals surface area contributed by atoms with Crippen LogP contribution in [0.1, 0.15) is 0 Å². The highest BCUT2D eigenvalue weighted by molar-refractivity contribution is 7.99. The van der Waals surface area contributed by atoms with E-state index in [2.05, 4.69) is 25.9 Å². The average Bonchev–Trinajstić information content (AvgIpc) is 3.23. The van der Waals surface area contributed by atoms with Crippen molar-refractivity contribution in [3.8, 4) is 11.5 Å². The van der Waals surface area contributed by atoms with E-state index >= 15 is 0 Å². The maximum absolute atomic E-state index is 12.5. The van der Waals surface area contributed by atoms with Crippen molar-refractivity contribution in [2.45, 2.75) is 9.92 Å². The summed E-state index contributed by atoms with van der Waals surface area (Å²) in [5.41, 5.74) is 1.90. The molecule has 0 aliphatic carbocycles. The fourth-order valence-electron chi connectivity index (χ4n) is 2.74. The summed E-state index contributed by atoms with van der Waals surface area (Å²) < 4.78 is 12.1. The third-order valence-corrected chi connectivity index (χ3v) is 5.13. The van der Waals surface area contributed by atoms with Crippen LogP contribution in [0.2, 0.25) is 0 Å². The van der Waals surface area contributed by atoms with E-state index < -0.39 is 0 Å². The van der Waals surface area contributed by atoms with Gasteiger partial charge in [0.15, 0.2) is 17.1 Å². The van der Waals surface area contributed by atoms with Crippen LogP contribution < -0.4 is 20.1 Å². The molecule has 2 aromatic heterocycles. The molecular weight excluding hydrogens is 404 g/mol. The summed E-state index contributed by atoms with van der Waals surface area (Å²) in [6.45, 7) is 0. The van der Waals surface area contributed by atoms with Crippen LogP contribution in [0.15, 0.2) is 70.8 Å². The minimum absolute atomic E-state index is 0.377. The van der Waals surface area contributed by atoms with Crippen LogP contribution in [0.4, 0.5) is 16.2 Å². The number of rotatable bonds is 6. The standard InChI is InChI=1S/C20H18N6O3S/c1-28-15-8-7-13(11-16(15)29-2)22-20(27)23-14-5-3-4-6-17(14)30-19-10-9-18-24-21-12-26(18)25-19/h3-12H,1-2H3,(H2,22,23,27). The summed E-state index contributed by atoms with van der Waals surface area (Å²) >= 11 is 1.43. The van der Waals surface area contributed by atoms with E-state index in [-0.39, 0.29) is 6.03 Å². The van der Waals surface area contributed by atoms with Crippen molar-refractivity contribution in [2.24, 2.45) is 0 Å². The number of carbonyl (C=O) groups is 1. The molecule has 0 aliphatic heterocycles. The Morgan fingerprint density at radius 2 is 1.83 bits per heavy atom. The Hall–Kier alpha value is -3.79. The molecule has 30 heavy (non-hydrogen) atoms. The Bertz CT molecular complexity index is 1200. The summed E-state index contributed by atoms with van der Waals surface area (Å²) in [6.07, 6.45) is 1.54. The summed E-state index contributed by atoms with van der Waals surface area (Å²) in [4.78, 5) is 13.4. The molecule has 0 bridgehead atoms. The lowest BCUT2D eigenvalue weighted by atomic mass is 10.2. The zero-order chi connectivity index (χ0) is 20.9. The molecule has 0 spiro atoms. The second kappa shape index (κ2) is 8.70. The Labute approximate surface area is 176 Å². The van der Waals surface area contributed by atoms with Crippen molar-refractivity contribution >= 4 is 34.8 Å². The number of hydrogen-bond donors (Lipinski definition) is 2. The first kappa shape index (κ1) is 19.5. The second-order valence-electron chi connectivity index (χ2n) is 6.05. The maximum atomic E-state index is 12.5. The van der Waals surface area contributed by atoms with Gasteiger partial charge in [-0.2, -0.15) is 9.61 Å². The number of carbonyl (C=O) groups excluding carboxylic acids is 1. The summed E-state index contributed by atoms with van der Waals surface area (Å²) in [5, 5.41) is 18.6. The van der Waals surface area contributed by atoms with Crippen molar-refractivity contribution in [3.63, 3.8) is 0 Å². The first-order valence-corrected chi connectivity index (χ1v) is 9.72. The van der Waals surface area contributed by atoms with Crippen LogP contribution in [0.3, 0.4) is 0 Å². The molecule has 0 saturated carbocycles. The summed E-state index contributed by atoms with van der Waals surface area (Å²) in [5.74, 6) is 1.12. The zero-order valence-electron chi connectivity index (χ0n) is 16.2.